The molecule has 0 spiro atoms. The standard InChI is InChI=1S/C14H27NO4/c1-5-14(6-2,7-3)19-13(17)15-11-9-10-12(16)18-8-4/h5-11H2,1-4H3,(H,15,17). The number of esters is 1. The van der Waals surface area contributed by atoms with Crippen molar-refractivity contribution >= 4 is 12.1 Å². The van der Waals surface area contributed by atoms with Crippen molar-refractivity contribution in [1.82, 2.24) is 5.32 Å². The number of hydrogen-bond donors (Lipinski definition) is 1. The molecular formula is C14H27NO4. The highest BCUT2D eigenvalue weighted by Gasteiger charge is 2.28. The normalized spacial score (nSPS) is 10.9. The van der Waals surface area contributed by atoms with E-state index in [-0.39, 0.29) is 11.6 Å². The fraction of sp³-hybridized carbons (Fsp3) is 0.857. The third kappa shape index (κ3) is 7.03. The first kappa shape index (κ1) is 17.7. The van der Waals surface area contributed by atoms with E-state index < -0.39 is 6.09 Å². The number of rotatable bonds is 9. The quantitative estimate of drug-likeness (QED) is 0.518. The summed E-state index contributed by atoms with van der Waals surface area (Å²) in [5.41, 5.74) is -0.370. The van der Waals surface area contributed by atoms with Crippen molar-refractivity contribution in [2.75, 3.05) is 13.2 Å². The SMILES string of the molecule is CCOC(=O)CCCNC(=O)OC(CC)(CC)CC. The lowest BCUT2D eigenvalue weighted by Gasteiger charge is -2.30. The molecule has 5 heteroatoms. The summed E-state index contributed by atoms with van der Waals surface area (Å²) in [5, 5.41) is 2.67. The maximum absolute atomic E-state index is 11.7. The minimum absolute atomic E-state index is 0.234. The smallest absolute Gasteiger partial charge is 0.407 e. The number of carbonyl (C=O) groups is 2. The van der Waals surface area contributed by atoms with Gasteiger partial charge >= 0.3 is 12.1 Å². The monoisotopic (exact) mass is 273 g/mol. The van der Waals surface area contributed by atoms with Crippen LogP contribution in [0.2, 0.25) is 0 Å². The highest BCUT2D eigenvalue weighted by atomic mass is 16.6. The molecule has 0 aromatic heterocycles. The second-order valence-electron chi connectivity index (χ2n) is 4.47. The molecule has 0 heterocycles. The summed E-state index contributed by atoms with van der Waals surface area (Å²) in [6.07, 6.45) is 2.87. The summed E-state index contributed by atoms with van der Waals surface area (Å²) in [6, 6.07) is 0. The summed E-state index contributed by atoms with van der Waals surface area (Å²) in [6.45, 7) is 8.63. The van der Waals surface area contributed by atoms with Crippen LogP contribution >= 0.6 is 0 Å². The zero-order valence-corrected chi connectivity index (χ0v) is 12.6. The molecule has 19 heavy (non-hydrogen) atoms. The Balaban J connectivity index is 3.89. The maximum Gasteiger partial charge on any atom is 0.407 e. The first-order chi connectivity index (χ1) is 9.03. The summed E-state index contributed by atoms with van der Waals surface area (Å²) < 4.78 is 10.3. The average Bonchev–Trinajstić information content (AvgIpc) is 2.41. The molecule has 0 aliphatic heterocycles. The predicted octanol–water partition coefficient (Wildman–Crippen LogP) is 3.02. The largest absolute Gasteiger partial charge is 0.466 e. The topological polar surface area (TPSA) is 64.6 Å². The summed E-state index contributed by atoms with van der Waals surface area (Å²) in [4.78, 5) is 22.7. The first-order valence-corrected chi connectivity index (χ1v) is 7.16. The number of amides is 1. The molecule has 0 radical (unpaired) electrons. The van der Waals surface area contributed by atoms with Crippen LogP contribution in [0.4, 0.5) is 4.79 Å². The Bertz CT molecular complexity index is 266. The molecule has 0 bridgehead atoms. The lowest BCUT2D eigenvalue weighted by molar-refractivity contribution is -0.143. The van der Waals surface area contributed by atoms with E-state index >= 15 is 0 Å². The number of carbonyl (C=O) groups excluding carboxylic acids is 2. The molecule has 0 unspecified atom stereocenters. The molecule has 0 fully saturated rings. The van der Waals surface area contributed by atoms with Crippen molar-refractivity contribution in [2.24, 2.45) is 0 Å². The van der Waals surface area contributed by atoms with Gasteiger partial charge in [0.15, 0.2) is 0 Å². The molecule has 1 amide bonds. The van der Waals surface area contributed by atoms with Crippen LogP contribution in [0.1, 0.15) is 59.8 Å². The Kier molecular flexibility index (Phi) is 9.00. The summed E-state index contributed by atoms with van der Waals surface area (Å²) in [5.74, 6) is -0.234. The molecule has 0 saturated heterocycles. The van der Waals surface area contributed by atoms with Crippen LogP contribution in [0.5, 0.6) is 0 Å². The van der Waals surface area contributed by atoms with Crippen LogP contribution in [0, 0.1) is 0 Å². The zero-order chi connectivity index (χ0) is 14.7. The molecule has 0 rings (SSSR count). The van der Waals surface area contributed by atoms with Crippen molar-refractivity contribution < 1.29 is 19.1 Å². The summed E-state index contributed by atoms with van der Waals surface area (Å²) in [7, 11) is 0. The van der Waals surface area contributed by atoms with E-state index in [9.17, 15) is 9.59 Å². The Hall–Kier alpha value is -1.26. The third-order valence-electron chi connectivity index (χ3n) is 3.37. The van der Waals surface area contributed by atoms with E-state index in [1.807, 2.05) is 20.8 Å². The van der Waals surface area contributed by atoms with Gasteiger partial charge in [0, 0.05) is 13.0 Å². The molecule has 0 aromatic rings. The molecule has 0 aliphatic rings. The molecule has 5 nitrogen and oxygen atoms in total. The lowest BCUT2D eigenvalue weighted by atomic mass is 9.94. The second kappa shape index (κ2) is 9.64. The number of hydrogen-bond acceptors (Lipinski definition) is 4. The van der Waals surface area contributed by atoms with E-state index in [1.165, 1.54) is 0 Å². The van der Waals surface area contributed by atoms with Gasteiger partial charge in [-0.3, -0.25) is 4.79 Å². The lowest BCUT2D eigenvalue weighted by Crippen LogP contribution is -2.38. The molecule has 1 N–H and O–H groups in total. The molecule has 112 valence electrons. The van der Waals surface area contributed by atoms with Crippen LogP contribution < -0.4 is 5.32 Å². The van der Waals surface area contributed by atoms with Crippen molar-refractivity contribution in [2.45, 2.75) is 65.4 Å². The van der Waals surface area contributed by atoms with Crippen molar-refractivity contribution in [1.29, 1.82) is 0 Å². The minimum atomic E-state index is -0.408. The van der Waals surface area contributed by atoms with Gasteiger partial charge in [-0.25, -0.2) is 4.79 Å². The van der Waals surface area contributed by atoms with Gasteiger partial charge in [-0.2, -0.15) is 0 Å². The van der Waals surface area contributed by atoms with Crippen molar-refractivity contribution in [3.05, 3.63) is 0 Å². The van der Waals surface area contributed by atoms with Gasteiger partial charge in [-0.1, -0.05) is 20.8 Å². The van der Waals surface area contributed by atoms with Crippen LogP contribution in [-0.2, 0) is 14.3 Å². The van der Waals surface area contributed by atoms with Gasteiger partial charge in [-0.05, 0) is 32.6 Å². The van der Waals surface area contributed by atoms with Gasteiger partial charge in [0.05, 0.1) is 6.61 Å². The number of ether oxygens (including phenoxy) is 2. The van der Waals surface area contributed by atoms with Gasteiger partial charge < -0.3 is 14.8 Å². The van der Waals surface area contributed by atoms with Gasteiger partial charge in [0.2, 0.25) is 0 Å². The molecule has 0 atom stereocenters. The predicted molar refractivity (Wildman–Crippen MR) is 74.0 cm³/mol. The zero-order valence-electron chi connectivity index (χ0n) is 12.6. The van der Waals surface area contributed by atoms with Crippen LogP contribution in [0.25, 0.3) is 0 Å². The van der Waals surface area contributed by atoms with Gasteiger partial charge in [0.1, 0.15) is 5.60 Å². The van der Waals surface area contributed by atoms with Crippen LogP contribution in [-0.4, -0.2) is 30.8 Å². The molecule has 0 aliphatic carbocycles. The molecular weight excluding hydrogens is 246 g/mol. The fourth-order valence-electron chi connectivity index (χ4n) is 1.86. The van der Waals surface area contributed by atoms with Crippen LogP contribution in [0.15, 0.2) is 0 Å². The summed E-state index contributed by atoms with van der Waals surface area (Å²) >= 11 is 0. The molecule has 0 aromatic carbocycles. The number of alkyl carbamates (subject to hydrolysis) is 1. The Morgan fingerprint density at radius 3 is 2.11 bits per heavy atom. The second-order valence-corrected chi connectivity index (χ2v) is 4.47. The van der Waals surface area contributed by atoms with Crippen LogP contribution in [0.3, 0.4) is 0 Å². The van der Waals surface area contributed by atoms with Gasteiger partial charge in [-0.15, -0.1) is 0 Å². The first-order valence-electron chi connectivity index (χ1n) is 7.16. The highest BCUT2D eigenvalue weighted by Crippen LogP contribution is 2.24. The maximum atomic E-state index is 11.7. The van der Waals surface area contributed by atoms with E-state index in [0.29, 0.717) is 26.0 Å². The van der Waals surface area contributed by atoms with Crippen molar-refractivity contribution in [3.63, 3.8) is 0 Å². The van der Waals surface area contributed by atoms with E-state index in [2.05, 4.69) is 5.32 Å². The van der Waals surface area contributed by atoms with E-state index in [0.717, 1.165) is 19.3 Å². The van der Waals surface area contributed by atoms with Crippen molar-refractivity contribution in [3.8, 4) is 0 Å². The Morgan fingerprint density at radius 2 is 1.63 bits per heavy atom. The number of nitrogens with one attached hydrogen (secondary N) is 1. The minimum Gasteiger partial charge on any atom is -0.466 e. The molecule has 0 saturated carbocycles. The average molecular weight is 273 g/mol. The fourth-order valence-corrected chi connectivity index (χ4v) is 1.86. The highest BCUT2D eigenvalue weighted by molar-refractivity contribution is 5.70. The van der Waals surface area contributed by atoms with E-state index in [1.54, 1.807) is 6.92 Å². The Morgan fingerprint density at radius 1 is 1.05 bits per heavy atom. The third-order valence-corrected chi connectivity index (χ3v) is 3.37. The Labute approximate surface area is 116 Å². The van der Waals surface area contributed by atoms with E-state index in [4.69, 9.17) is 9.47 Å². The van der Waals surface area contributed by atoms with Gasteiger partial charge in [0.25, 0.3) is 0 Å².